The Kier molecular flexibility index (Phi) is 4.03. The summed E-state index contributed by atoms with van der Waals surface area (Å²) in [6.45, 7) is 2.68. The number of halogens is 1. The van der Waals surface area contributed by atoms with Crippen molar-refractivity contribution in [2.24, 2.45) is 0 Å². The zero-order valence-electron chi connectivity index (χ0n) is 11.4. The van der Waals surface area contributed by atoms with Crippen LogP contribution in [0.15, 0.2) is 46.4 Å². The molecule has 5 heteroatoms. The number of carbonyl (C=O) groups is 1. The van der Waals surface area contributed by atoms with Crippen molar-refractivity contribution in [2.75, 3.05) is 0 Å². The molecule has 2 heterocycles. The van der Waals surface area contributed by atoms with Crippen molar-refractivity contribution < 1.29 is 4.79 Å². The van der Waals surface area contributed by atoms with E-state index in [-0.39, 0.29) is 0 Å². The third-order valence-corrected chi connectivity index (χ3v) is 4.74. The first kappa shape index (κ1) is 14.2. The number of thiophene rings is 1. The number of nitrogens with zero attached hydrogens (tertiary/aromatic N) is 2. The number of hydrogen-bond donors (Lipinski definition) is 0. The third kappa shape index (κ3) is 2.99. The normalized spacial score (nSPS) is 10.8. The summed E-state index contributed by atoms with van der Waals surface area (Å²) in [6, 6.07) is 10.1. The second kappa shape index (κ2) is 5.95. The van der Waals surface area contributed by atoms with E-state index in [2.05, 4.69) is 27.1 Å². The highest BCUT2D eigenvalue weighted by molar-refractivity contribution is 9.10. The van der Waals surface area contributed by atoms with Crippen LogP contribution in [-0.2, 0) is 6.54 Å². The summed E-state index contributed by atoms with van der Waals surface area (Å²) in [5.41, 5.74) is 3.69. The lowest BCUT2D eigenvalue weighted by Gasteiger charge is -2.02. The number of aldehydes is 1. The molecule has 0 bridgehead atoms. The van der Waals surface area contributed by atoms with Crippen LogP contribution in [-0.4, -0.2) is 16.1 Å². The summed E-state index contributed by atoms with van der Waals surface area (Å²) in [4.78, 5) is 12.4. The van der Waals surface area contributed by atoms with Crippen molar-refractivity contribution in [3.05, 3.63) is 63.1 Å². The molecule has 0 aliphatic heterocycles. The maximum absolute atomic E-state index is 11.3. The molecule has 3 nitrogen and oxygen atoms in total. The van der Waals surface area contributed by atoms with Crippen LogP contribution in [0, 0.1) is 6.92 Å². The fourth-order valence-corrected chi connectivity index (χ4v) is 3.60. The van der Waals surface area contributed by atoms with Crippen molar-refractivity contribution in [3.63, 3.8) is 0 Å². The number of hydrogen-bond acceptors (Lipinski definition) is 3. The standard InChI is InChI=1S/C16H13BrN2OS/c1-11-5-6-21-16(11)15-13(10-20)9-19(18-15)8-12-3-2-4-14(17)7-12/h2-7,9-10H,8H2,1H3. The second-order valence-corrected chi connectivity index (χ2v) is 6.64. The van der Waals surface area contributed by atoms with E-state index in [1.54, 1.807) is 11.3 Å². The van der Waals surface area contributed by atoms with Crippen LogP contribution < -0.4 is 0 Å². The number of aromatic nitrogens is 2. The molecule has 0 radical (unpaired) electrons. The van der Waals surface area contributed by atoms with E-state index in [1.165, 1.54) is 0 Å². The summed E-state index contributed by atoms with van der Waals surface area (Å²) in [7, 11) is 0. The Morgan fingerprint density at radius 2 is 2.24 bits per heavy atom. The van der Waals surface area contributed by atoms with Gasteiger partial charge in [0.2, 0.25) is 0 Å². The topological polar surface area (TPSA) is 34.9 Å². The minimum atomic E-state index is 0.635. The minimum absolute atomic E-state index is 0.635. The Morgan fingerprint density at radius 1 is 1.38 bits per heavy atom. The fraction of sp³-hybridized carbons (Fsp3) is 0.125. The van der Waals surface area contributed by atoms with Crippen LogP contribution in [0.25, 0.3) is 10.6 Å². The average Bonchev–Trinajstić information content (AvgIpc) is 3.04. The molecule has 1 aromatic carbocycles. The zero-order valence-corrected chi connectivity index (χ0v) is 13.8. The average molecular weight is 361 g/mol. The lowest BCUT2D eigenvalue weighted by Crippen LogP contribution is -2.00. The molecule has 0 spiro atoms. The molecule has 0 saturated carbocycles. The highest BCUT2D eigenvalue weighted by Gasteiger charge is 2.14. The van der Waals surface area contributed by atoms with Crippen molar-refractivity contribution in [2.45, 2.75) is 13.5 Å². The Morgan fingerprint density at radius 3 is 2.90 bits per heavy atom. The molecular formula is C16H13BrN2OS. The van der Waals surface area contributed by atoms with Gasteiger partial charge in [-0.2, -0.15) is 5.10 Å². The minimum Gasteiger partial charge on any atom is -0.298 e. The molecule has 0 fully saturated rings. The Bertz CT molecular complexity index is 791. The summed E-state index contributed by atoms with van der Waals surface area (Å²) in [5, 5.41) is 6.61. The van der Waals surface area contributed by atoms with Crippen LogP contribution in [0.1, 0.15) is 21.5 Å². The first-order valence-electron chi connectivity index (χ1n) is 6.49. The summed E-state index contributed by atoms with van der Waals surface area (Å²) in [5.74, 6) is 0. The number of rotatable bonds is 4. The summed E-state index contributed by atoms with van der Waals surface area (Å²) in [6.07, 6.45) is 2.68. The highest BCUT2D eigenvalue weighted by Crippen LogP contribution is 2.30. The van der Waals surface area contributed by atoms with Crippen LogP contribution >= 0.6 is 27.3 Å². The zero-order chi connectivity index (χ0) is 14.8. The quantitative estimate of drug-likeness (QED) is 0.640. The van der Waals surface area contributed by atoms with Gasteiger partial charge in [0.1, 0.15) is 5.69 Å². The van der Waals surface area contributed by atoms with Gasteiger partial charge in [0.05, 0.1) is 17.0 Å². The van der Waals surface area contributed by atoms with Crippen LogP contribution in [0.3, 0.4) is 0 Å². The van der Waals surface area contributed by atoms with E-state index in [4.69, 9.17) is 0 Å². The van der Waals surface area contributed by atoms with Gasteiger partial charge in [0, 0.05) is 10.7 Å². The highest BCUT2D eigenvalue weighted by atomic mass is 79.9. The van der Waals surface area contributed by atoms with Crippen molar-refractivity contribution in [1.29, 1.82) is 0 Å². The molecule has 3 aromatic rings. The SMILES string of the molecule is Cc1ccsc1-c1nn(Cc2cccc(Br)c2)cc1C=O. The maximum atomic E-state index is 11.3. The number of aryl methyl sites for hydroxylation is 1. The molecular weight excluding hydrogens is 348 g/mol. The van der Waals surface area contributed by atoms with Gasteiger partial charge in [-0.15, -0.1) is 11.3 Å². The molecule has 0 amide bonds. The maximum Gasteiger partial charge on any atom is 0.153 e. The smallest absolute Gasteiger partial charge is 0.153 e. The van der Waals surface area contributed by atoms with E-state index in [9.17, 15) is 4.79 Å². The molecule has 3 rings (SSSR count). The predicted octanol–water partition coefficient (Wildman–Crippen LogP) is 4.54. The van der Waals surface area contributed by atoms with Gasteiger partial charge < -0.3 is 0 Å². The third-order valence-electron chi connectivity index (χ3n) is 3.23. The fourth-order valence-electron chi connectivity index (χ4n) is 2.22. The van der Waals surface area contributed by atoms with Gasteiger partial charge in [0.15, 0.2) is 6.29 Å². The van der Waals surface area contributed by atoms with Gasteiger partial charge >= 0.3 is 0 Å². The van der Waals surface area contributed by atoms with E-state index in [0.29, 0.717) is 12.1 Å². The first-order valence-corrected chi connectivity index (χ1v) is 8.16. The van der Waals surface area contributed by atoms with E-state index < -0.39 is 0 Å². The van der Waals surface area contributed by atoms with Gasteiger partial charge in [-0.05, 0) is 41.6 Å². The molecule has 0 aliphatic rings. The van der Waals surface area contributed by atoms with Crippen molar-refractivity contribution in [3.8, 4) is 10.6 Å². The Hall–Kier alpha value is -1.72. The van der Waals surface area contributed by atoms with Crippen LogP contribution in [0.2, 0.25) is 0 Å². The molecule has 0 aliphatic carbocycles. The van der Waals surface area contributed by atoms with E-state index >= 15 is 0 Å². The van der Waals surface area contributed by atoms with Gasteiger partial charge in [-0.3, -0.25) is 9.48 Å². The van der Waals surface area contributed by atoms with E-state index in [0.717, 1.165) is 32.5 Å². The van der Waals surface area contributed by atoms with Crippen LogP contribution in [0.4, 0.5) is 0 Å². The van der Waals surface area contributed by atoms with Crippen LogP contribution in [0.5, 0.6) is 0 Å². The monoisotopic (exact) mass is 360 g/mol. The van der Waals surface area contributed by atoms with Crippen molar-refractivity contribution in [1.82, 2.24) is 9.78 Å². The molecule has 0 atom stereocenters. The molecule has 0 saturated heterocycles. The predicted molar refractivity (Wildman–Crippen MR) is 88.9 cm³/mol. The van der Waals surface area contributed by atoms with Gasteiger partial charge in [-0.25, -0.2) is 0 Å². The van der Waals surface area contributed by atoms with Gasteiger partial charge in [-0.1, -0.05) is 28.1 Å². The molecule has 0 N–H and O–H groups in total. The number of carbonyl (C=O) groups excluding carboxylic acids is 1. The molecule has 0 unspecified atom stereocenters. The first-order chi connectivity index (χ1) is 10.2. The van der Waals surface area contributed by atoms with E-state index in [1.807, 2.05) is 47.4 Å². The lowest BCUT2D eigenvalue weighted by atomic mass is 10.2. The Balaban J connectivity index is 1.96. The molecule has 21 heavy (non-hydrogen) atoms. The lowest BCUT2D eigenvalue weighted by molar-refractivity contribution is 0.112. The second-order valence-electron chi connectivity index (χ2n) is 4.81. The number of benzene rings is 1. The summed E-state index contributed by atoms with van der Waals surface area (Å²) < 4.78 is 2.86. The van der Waals surface area contributed by atoms with Crippen molar-refractivity contribution >= 4 is 33.6 Å². The molecule has 2 aromatic heterocycles. The van der Waals surface area contributed by atoms with Gasteiger partial charge in [0.25, 0.3) is 0 Å². The molecule has 106 valence electrons. The summed E-state index contributed by atoms with van der Waals surface area (Å²) >= 11 is 5.08. The Labute approximate surface area is 135 Å². The largest absolute Gasteiger partial charge is 0.298 e.